The number of halogens is 1. The molecule has 0 bridgehead atoms. The summed E-state index contributed by atoms with van der Waals surface area (Å²) in [6, 6.07) is 5.39. The molecule has 0 aromatic carbocycles. The molecule has 84 valence electrons. The molecule has 0 saturated carbocycles. The van der Waals surface area contributed by atoms with Crippen molar-refractivity contribution in [2.24, 2.45) is 5.29 Å². The lowest BCUT2D eigenvalue weighted by Crippen LogP contribution is -2.27. The first-order valence-electron chi connectivity index (χ1n) is 4.40. The Balaban J connectivity index is 0.00000196. The van der Waals surface area contributed by atoms with E-state index in [1.165, 1.54) is 5.01 Å². The van der Waals surface area contributed by atoms with Gasteiger partial charge in [-0.3, -0.25) is 0 Å². The van der Waals surface area contributed by atoms with Crippen LogP contribution >= 0.6 is 12.4 Å². The van der Waals surface area contributed by atoms with Gasteiger partial charge in [-0.1, -0.05) is 6.07 Å². The van der Waals surface area contributed by atoms with Crippen molar-refractivity contribution >= 4 is 18.2 Å². The normalized spacial score (nSPS) is 9.53. The molecule has 1 aromatic rings. The van der Waals surface area contributed by atoms with Gasteiger partial charge in [-0.25, -0.2) is 9.99 Å². The van der Waals surface area contributed by atoms with Crippen LogP contribution in [0.1, 0.15) is 0 Å². The zero-order valence-corrected chi connectivity index (χ0v) is 9.65. The first-order valence-corrected chi connectivity index (χ1v) is 4.40. The second-order valence-corrected chi connectivity index (χ2v) is 3.20. The Labute approximate surface area is 95.4 Å². The van der Waals surface area contributed by atoms with Crippen LogP contribution in [0.5, 0.6) is 0 Å². The molecule has 6 heteroatoms. The van der Waals surface area contributed by atoms with Gasteiger partial charge >= 0.3 is 0 Å². The molecule has 0 aliphatic rings. The summed E-state index contributed by atoms with van der Waals surface area (Å²) in [5, 5.41) is 4.27. The third-order valence-electron chi connectivity index (χ3n) is 1.77. The summed E-state index contributed by atoms with van der Waals surface area (Å²) in [6.45, 7) is 1.32. The van der Waals surface area contributed by atoms with Crippen molar-refractivity contribution in [2.75, 3.05) is 32.2 Å². The highest BCUT2D eigenvalue weighted by atomic mass is 35.5. The largest absolute Gasteiger partial charge is 0.308 e. The van der Waals surface area contributed by atoms with Crippen molar-refractivity contribution in [1.29, 1.82) is 0 Å². The standard InChI is InChI=1S/C9H14N4O.ClH/c1-12(2)7-8-13(11-14)9-5-3-4-6-10-9;/h3-6H,7-8H2,1-2H3;1H. The number of likely N-dealkylation sites (N-methyl/N-ethyl adjacent to an activating group) is 1. The number of rotatable bonds is 5. The maximum Gasteiger partial charge on any atom is 0.151 e. The molecule has 0 unspecified atom stereocenters. The first-order chi connectivity index (χ1) is 6.74. The van der Waals surface area contributed by atoms with Gasteiger partial charge in [0, 0.05) is 12.7 Å². The lowest BCUT2D eigenvalue weighted by atomic mass is 10.4. The number of nitrogens with zero attached hydrogens (tertiary/aromatic N) is 4. The molecule has 5 nitrogen and oxygen atoms in total. The maximum atomic E-state index is 10.5. The predicted octanol–water partition coefficient (Wildman–Crippen LogP) is 1.55. The third-order valence-corrected chi connectivity index (χ3v) is 1.77. The molecule has 0 radical (unpaired) electrons. The number of hydrogen-bond acceptors (Lipinski definition) is 4. The smallest absolute Gasteiger partial charge is 0.151 e. The van der Waals surface area contributed by atoms with E-state index in [4.69, 9.17) is 0 Å². The van der Waals surface area contributed by atoms with Crippen LogP contribution in [0.4, 0.5) is 5.82 Å². The minimum absolute atomic E-state index is 0. The quantitative estimate of drug-likeness (QED) is 0.569. The molecular formula is C9H15ClN4O. The minimum Gasteiger partial charge on any atom is -0.308 e. The average Bonchev–Trinajstić information content (AvgIpc) is 2.20. The Bertz CT molecular complexity index is 281. The Morgan fingerprint density at radius 1 is 1.33 bits per heavy atom. The summed E-state index contributed by atoms with van der Waals surface area (Å²) in [6.07, 6.45) is 1.64. The van der Waals surface area contributed by atoms with Gasteiger partial charge in [0.15, 0.2) is 5.82 Å². The van der Waals surface area contributed by atoms with Crippen molar-refractivity contribution in [3.63, 3.8) is 0 Å². The molecule has 0 fully saturated rings. The molecule has 0 N–H and O–H groups in total. The van der Waals surface area contributed by atoms with Crippen LogP contribution in [-0.2, 0) is 0 Å². The van der Waals surface area contributed by atoms with Crippen LogP contribution in [0.2, 0.25) is 0 Å². The molecular weight excluding hydrogens is 216 g/mol. The Morgan fingerprint density at radius 2 is 2.07 bits per heavy atom. The van der Waals surface area contributed by atoms with Crippen LogP contribution in [0.15, 0.2) is 29.7 Å². The molecule has 0 saturated heterocycles. The fraction of sp³-hybridized carbons (Fsp3) is 0.444. The SMILES string of the molecule is CN(C)CCN(N=O)c1ccccn1.Cl. The van der Waals surface area contributed by atoms with Crippen LogP contribution in [0.3, 0.4) is 0 Å². The van der Waals surface area contributed by atoms with Crippen molar-refractivity contribution in [2.45, 2.75) is 0 Å². The van der Waals surface area contributed by atoms with E-state index in [-0.39, 0.29) is 12.4 Å². The molecule has 15 heavy (non-hydrogen) atoms. The molecule has 1 heterocycles. The lowest BCUT2D eigenvalue weighted by Gasteiger charge is -2.16. The van der Waals surface area contributed by atoms with Crippen LogP contribution in [-0.4, -0.2) is 37.1 Å². The van der Waals surface area contributed by atoms with E-state index in [1.54, 1.807) is 18.3 Å². The number of hydrogen-bond donors (Lipinski definition) is 0. The van der Waals surface area contributed by atoms with Crippen LogP contribution < -0.4 is 5.01 Å². The van der Waals surface area contributed by atoms with E-state index in [2.05, 4.69) is 10.3 Å². The fourth-order valence-corrected chi connectivity index (χ4v) is 0.998. The zero-order valence-electron chi connectivity index (χ0n) is 8.83. The van der Waals surface area contributed by atoms with Crippen LogP contribution in [0, 0.1) is 4.91 Å². The highest BCUT2D eigenvalue weighted by Crippen LogP contribution is 2.08. The monoisotopic (exact) mass is 230 g/mol. The Hall–Kier alpha value is -1.20. The highest BCUT2D eigenvalue weighted by molar-refractivity contribution is 5.85. The van der Waals surface area contributed by atoms with E-state index in [9.17, 15) is 4.91 Å². The van der Waals surface area contributed by atoms with E-state index in [0.29, 0.717) is 12.4 Å². The molecule has 1 rings (SSSR count). The fourth-order valence-electron chi connectivity index (χ4n) is 0.998. The number of pyridine rings is 1. The predicted molar refractivity (Wildman–Crippen MR) is 63.2 cm³/mol. The Kier molecular flexibility index (Phi) is 6.57. The van der Waals surface area contributed by atoms with Crippen molar-refractivity contribution in [1.82, 2.24) is 9.88 Å². The van der Waals surface area contributed by atoms with E-state index >= 15 is 0 Å². The van der Waals surface area contributed by atoms with Gasteiger partial charge in [0.2, 0.25) is 0 Å². The van der Waals surface area contributed by atoms with E-state index in [0.717, 1.165) is 6.54 Å². The summed E-state index contributed by atoms with van der Waals surface area (Å²) in [7, 11) is 3.89. The topological polar surface area (TPSA) is 48.8 Å². The van der Waals surface area contributed by atoms with Gasteiger partial charge in [-0.05, 0) is 26.2 Å². The molecule has 0 atom stereocenters. The number of anilines is 1. The number of aromatic nitrogens is 1. The van der Waals surface area contributed by atoms with Crippen molar-refractivity contribution < 1.29 is 0 Å². The van der Waals surface area contributed by atoms with Gasteiger partial charge in [0.1, 0.15) is 0 Å². The van der Waals surface area contributed by atoms with Gasteiger partial charge in [0.05, 0.1) is 11.8 Å². The summed E-state index contributed by atoms with van der Waals surface area (Å²) in [5.41, 5.74) is 0. The molecule has 1 aromatic heterocycles. The van der Waals surface area contributed by atoms with Gasteiger partial charge in [0.25, 0.3) is 0 Å². The first kappa shape index (κ1) is 13.8. The summed E-state index contributed by atoms with van der Waals surface area (Å²) >= 11 is 0. The van der Waals surface area contributed by atoms with Gasteiger partial charge in [-0.2, -0.15) is 0 Å². The third kappa shape index (κ3) is 4.71. The maximum absolute atomic E-state index is 10.5. The van der Waals surface area contributed by atoms with Gasteiger partial charge in [-0.15, -0.1) is 17.3 Å². The van der Waals surface area contributed by atoms with Crippen LogP contribution in [0.25, 0.3) is 0 Å². The summed E-state index contributed by atoms with van der Waals surface area (Å²) in [5.74, 6) is 0.587. The van der Waals surface area contributed by atoms with E-state index in [1.807, 2.05) is 25.1 Å². The van der Waals surface area contributed by atoms with Gasteiger partial charge < -0.3 is 4.90 Å². The zero-order chi connectivity index (χ0) is 10.4. The molecule has 0 spiro atoms. The number of nitroso groups, excluding NO2 is 1. The second kappa shape index (κ2) is 7.14. The summed E-state index contributed by atoms with van der Waals surface area (Å²) < 4.78 is 0. The highest BCUT2D eigenvalue weighted by Gasteiger charge is 2.06. The second-order valence-electron chi connectivity index (χ2n) is 3.20. The Morgan fingerprint density at radius 3 is 2.53 bits per heavy atom. The minimum atomic E-state index is 0. The van der Waals surface area contributed by atoms with E-state index < -0.39 is 0 Å². The molecule has 0 aliphatic carbocycles. The van der Waals surface area contributed by atoms with Crippen molar-refractivity contribution in [3.05, 3.63) is 29.3 Å². The lowest BCUT2D eigenvalue weighted by molar-refractivity contribution is 0.413. The summed E-state index contributed by atoms with van der Waals surface area (Å²) in [4.78, 5) is 16.6. The van der Waals surface area contributed by atoms with Crippen molar-refractivity contribution in [3.8, 4) is 0 Å². The molecule has 0 amide bonds. The molecule has 0 aliphatic heterocycles. The average molecular weight is 231 g/mol.